The second-order valence-electron chi connectivity index (χ2n) is 5.49. The third-order valence-corrected chi connectivity index (χ3v) is 3.59. The molecule has 2 rings (SSSR count). The molecule has 0 atom stereocenters. The molecule has 0 aliphatic heterocycles. The Bertz CT molecular complexity index is 641. The van der Waals surface area contributed by atoms with Gasteiger partial charge in [0.2, 0.25) is 0 Å². The first-order chi connectivity index (χ1) is 11.1. The first-order valence-electron chi connectivity index (χ1n) is 7.84. The fourth-order valence-electron chi connectivity index (χ4n) is 2.42. The molecule has 0 amide bonds. The van der Waals surface area contributed by atoms with Gasteiger partial charge in [0.15, 0.2) is 11.5 Å². The van der Waals surface area contributed by atoms with Crippen molar-refractivity contribution in [2.24, 2.45) is 5.73 Å². The van der Waals surface area contributed by atoms with Crippen LogP contribution < -0.4 is 19.9 Å². The van der Waals surface area contributed by atoms with Gasteiger partial charge in [-0.25, -0.2) is 0 Å². The van der Waals surface area contributed by atoms with Crippen molar-refractivity contribution < 1.29 is 14.2 Å². The van der Waals surface area contributed by atoms with Crippen LogP contribution in [0.4, 0.5) is 0 Å². The summed E-state index contributed by atoms with van der Waals surface area (Å²) in [6.45, 7) is 5.66. The Morgan fingerprint density at radius 2 is 1.57 bits per heavy atom. The molecule has 0 bridgehead atoms. The van der Waals surface area contributed by atoms with E-state index in [-0.39, 0.29) is 0 Å². The van der Waals surface area contributed by atoms with Gasteiger partial charge in [-0.1, -0.05) is 23.8 Å². The van der Waals surface area contributed by atoms with Crippen LogP contribution in [-0.4, -0.2) is 26.9 Å². The van der Waals surface area contributed by atoms with Crippen molar-refractivity contribution in [3.8, 4) is 17.2 Å². The summed E-state index contributed by atoms with van der Waals surface area (Å²) in [5.74, 6) is 2.34. The highest BCUT2D eigenvalue weighted by Gasteiger charge is 2.06. The molecule has 4 nitrogen and oxygen atoms in total. The molecular weight excluding hydrogens is 290 g/mol. The predicted octanol–water partition coefficient (Wildman–Crippen LogP) is 3.27. The molecule has 0 radical (unpaired) electrons. The van der Waals surface area contributed by atoms with Crippen LogP contribution in [0.2, 0.25) is 0 Å². The van der Waals surface area contributed by atoms with E-state index in [0.29, 0.717) is 19.8 Å². The number of benzene rings is 2. The Hall–Kier alpha value is -2.20. The van der Waals surface area contributed by atoms with E-state index in [0.717, 1.165) is 34.8 Å². The van der Waals surface area contributed by atoms with Crippen molar-refractivity contribution in [2.75, 3.05) is 26.9 Å². The Balaban J connectivity index is 1.91. The number of rotatable bonds is 8. The zero-order valence-corrected chi connectivity index (χ0v) is 14.1. The van der Waals surface area contributed by atoms with Crippen LogP contribution in [0.3, 0.4) is 0 Å². The van der Waals surface area contributed by atoms with Crippen LogP contribution in [0.5, 0.6) is 17.2 Å². The summed E-state index contributed by atoms with van der Waals surface area (Å²) in [4.78, 5) is 0. The van der Waals surface area contributed by atoms with Crippen LogP contribution in [-0.2, 0) is 6.42 Å². The monoisotopic (exact) mass is 315 g/mol. The highest BCUT2D eigenvalue weighted by Crippen LogP contribution is 2.28. The molecular formula is C19H25NO3. The summed E-state index contributed by atoms with van der Waals surface area (Å²) in [5, 5.41) is 0. The maximum atomic E-state index is 5.81. The summed E-state index contributed by atoms with van der Waals surface area (Å²) < 4.78 is 16.9. The molecule has 124 valence electrons. The smallest absolute Gasteiger partial charge is 0.161 e. The number of hydrogen-bond acceptors (Lipinski definition) is 4. The van der Waals surface area contributed by atoms with Gasteiger partial charge in [-0.2, -0.15) is 0 Å². The quantitative estimate of drug-likeness (QED) is 0.760. The third-order valence-electron chi connectivity index (χ3n) is 3.59. The molecule has 23 heavy (non-hydrogen) atoms. The zero-order chi connectivity index (χ0) is 16.7. The van der Waals surface area contributed by atoms with Crippen molar-refractivity contribution in [1.29, 1.82) is 0 Å². The predicted molar refractivity (Wildman–Crippen MR) is 92.7 cm³/mol. The largest absolute Gasteiger partial charge is 0.493 e. The molecule has 0 aliphatic rings. The minimum absolute atomic E-state index is 0.454. The van der Waals surface area contributed by atoms with E-state index in [1.807, 2.05) is 37.3 Å². The van der Waals surface area contributed by atoms with Gasteiger partial charge >= 0.3 is 0 Å². The Morgan fingerprint density at radius 1 is 0.870 bits per heavy atom. The van der Waals surface area contributed by atoms with E-state index in [2.05, 4.69) is 13.0 Å². The average Bonchev–Trinajstić information content (AvgIpc) is 2.54. The van der Waals surface area contributed by atoms with Crippen molar-refractivity contribution in [2.45, 2.75) is 20.3 Å². The molecule has 0 aromatic heterocycles. The summed E-state index contributed by atoms with van der Waals surface area (Å²) in [7, 11) is 1.64. The van der Waals surface area contributed by atoms with Gasteiger partial charge in [-0.15, -0.1) is 0 Å². The number of nitrogens with two attached hydrogens (primary N) is 1. The SMILES string of the molecule is COc1ccc(CCN)cc1OCCOc1ccc(C)cc1C. The van der Waals surface area contributed by atoms with Gasteiger partial charge in [-0.3, -0.25) is 0 Å². The normalized spacial score (nSPS) is 10.4. The van der Waals surface area contributed by atoms with Gasteiger partial charge < -0.3 is 19.9 Å². The fourth-order valence-corrected chi connectivity index (χ4v) is 2.42. The maximum Gasteiger partial charge on any atom is 0.161 e. The lowest BCUT2D eigenvalue weighted by Crippen LogP contribution is -2.10. The zero-order valence-electron chi connectivity index (χ0n) is 14.1. The van der Waals surface area contributed by atoms with E-state index in [1.54, 1.807) is 7.11 Å². The molecule has 2 N–H and O–H groups in total. The van der Waals surface area contributed by atoms with Crippen LogP contribution in [0.25, 0.3) is 0 Å². The molecule has 2 aromatic carbocycles. The van der Waals surface area contributed by atoms with E-state index >= 15 is 0 Å². The van der Waals surface area contributed by atoms with Crippen molar-refractivity contribution in [1.82, 2.24) is 0 Å². The van der Waals surface area contributed by atoms with Gasteiger partial charge in [0.05, 0.1) is 7.11 Å². The summed E-state index contributed by atoms with van der Waals surface area (Å²) in [6.07, 6.45) is 0.819. The van der Waals surface area contributed by atoms with E-state index in [9.17, 15) is 0 Å². The average molecular weight is 315 g/mol. The second kappa shape index (κ2) is 8.44. The van der Waals surface area contributed by atoms with E-state index in [4.69, 9.17) is 19.9 Å². The molecule has 0 aliphatic carbocycles. The van der Waals surface area contributed by atoms with Gasteiger partial charge in [0.25, 0.3) is 0 Å². The van der Waals surface area contributed by atoms with Crippen LogP contribution in [0.15, 0.2) is 36.4 Å². The molecule has 0 spiro atoms. The van der Waals surface area contributed by atoms with Crippen LogP contribution in [0, 0.1) is 13.8 Å². The number of ether oxygens (including phenoxy) is 3. The molecule has 0 unspecified atom stereocenters. The minimum atomic E-state index is 0.454. The number of aryl methyl sites for hydroxylation is 2. The van der Waals surface area contributed by atoms with Crippen LogP contribution >= 0.6 is 0 Å². The lowest BCUT2D eigenvalue weighted by molar-refractivity contribution is 0.210. The molecule has 4 heteroatoms. The summed E-state index contributed by atoms with van der Waals surface area (Å²) in [5.41, 5.74) is 9.10. The van der Waals surface area contributed by atoms with E-state index < -0.39 is 0 Å². The Kier molecular flexibility index (Phi) is 6.29. The topological polar surface area (TPSA) is 53.7 Å². The fraction of sp³-hybridized carbons (Fsp3) is 0.368. The molecule has 0 heterocycles. The number of hydrogen-bond donors (Lipinski definition) is 1. The van der Waals surface area contributed by atoms with Crippen molar-refractivity contribution in [3.63, 3.8) is 0 Å². The van der Waals surface area contributed by atoms with Crippen molar-refractivity contribution in [3.05, 3.63) is 53.1 Å². The maximum absolute atomic E-state index is 5.81. The highest BCUT2D eigenvalue weighted by atomic mass is 16.5. The van der Waals surface area contributed by atoms with Gasteiger partial charge in [0.1, 0.15) is 19.0 Å². The Morgan fingerprint density at radius 3 is 2.22 bits per heavy atom. The third kappa shape index (κ3) is 4.89. The van der Waals surface area contributed by atoms with E-state index in [1.165, 1.54) is 5.56 Å². The van der Waals surface area contributed by atoms with Crippen molar-refractivity contribution >= 4 is 0 Å². The molecule has 2 aromatic rings. The summed E-state index contributed by atoms with van der Waals surface area (Å²) >= 11 is 0. The highest BCUT2D eigenvalue weighted by molar-refractivity contribution is 5.43. The minimum Gasteiger partial charge on any atom is -0.493 e. The summed E-state index contributed by atoms with van der Waals surface area (Å²) in [6, 6.07) is 12.0. The van der Waals surface area contributed by atoms with Gasteiger partial charge in [0, 0.05) is 0 Å². The Labute approximate surface area is 138 Å². The van der Waals surface area contributed by atoms with Gasteiger partial charge in [-0.05, 0) is 56.1 Å². The first-order valence-corrected chi connectivity index (χ1v) is 7.84. The standard InChI is InChI=1S/C19H25NO3/c1-14-4-6-17(15(2)12-14)22-10-11-23-19-13-16(8-9-20)5-7-18(19)21-3/h4-7,12-13H,8-11,20H2,1-3H3. The first kappa shape index (κ1) is 17.2. The lowest BCUT2D eigenvalue weighted by Gasteiger charge is -2.13. The molecule has 0 fully saturated rings. The van der Waals surface area contributed by atoms with Crippen LogP contribution in [0.1, 0.15) is 16.7 Å². The lowest BCUT2D eigenvalue weighted by atomic mass is 10.1. The molecule has 0 saturated heterocycles. The molecule has 0 saturated carbocycles. The second-order valence-corrected chi connectivity index (χ2v) is 5.49. The number of methoxy groups -OCH3 is 1.